The summed E-state index contributed by atoms with van der Waals surface area (Å²) < 4.78 is 30.1. The Hall–Kier alpha value is -2.61. The van der Waals surface area contributed by atoms with Gasteiger partial charge in [-0.2, -0.15) is 8.78 Å². The number of rotatable bonds is 6. The van der Waals surface area contributed by atoms with Crippen molar-refractivity contribution in [1.82, 2.24) is 0 Å². The molecule has 1 aliphatic rings. The summed E-state index contributed by atoms with van der Waals surface area (Å²) in [6.07, 6.45) is 0.0995. The quantitative estimate of drug-likeness (QED) is 0.727. The summed E-state index contributed by atoms with van der Waals surface area (Å²) in [5.41, 5.74) is 2.14. The van der Waals surface area contributed by atoms with Gasteiger partial charge in [-0.05, 0) is 48.9 Å². The lowest BCUT2D eigenvalue weighted by molar-refractivity contribution is -0.122. The van der Waals surface area contributed by atoms with Crippen molar-refractivity contribution < 1.29 is 23.1 Å². The lowest BCUT2D eigenvalue weighted by Gasteiger charge is -2.20. The molecule has 0 radical (unpaired) electrons. The normalized spacial score (nSPS) is 16.5. The van der Waals surface area contributed by atoms with E-state index in [0.717, 1.165) is 5.56 Å². The van der Waals surface area contributed by atoms with Gasteiger partial charge in [0.1, 0.15) is 5.75 Å². The molecule has 1 N–H and O–H groups in total. The van der Waals surface area contributed by atoms with Gasteiger partial charge in [0, 0.05) is 23.5 Å². The van der Waals surface area contributed by atoms with Crippen LogP contribution in [0, 0.1) is 12.8 Å². The molecule has 0 bridgehead atoms. The Bertz CT molecular complexity index is 874. The molecule has 8 heteroatoms. The van der Waals surface area contributed by atoms with Crippen molar-refractivity contribution >= 4 is 35.0 Å². The number of nitrogens with zero attached hydrogens (tertiary/aromatic N) is 1. The number of hydrogen-bond donors (Lipinski definition) is 1. The second-order valence-electron chi connectivity index (χ2n) is 6.47. The molecule has 148 valence electrons. The smallest absolute Gasteiger partial charge is 0.288 e. The summed E-state index contributed by atoms with van der Waals surface area (Å²) in [4.78, 5) is 27.0. The average Bonchev–Trinajstić information content (AvgIpc) is 3.04. The molecule has 1 heterocycles. The van der Waals surface area contributed by atoms with Crippen LogP contribution in [0.2, 0.25) is 0 Å². The van der Waals surface area contributed by atoms with Crippen LogP contribution in [0.5, 0.6) is 5.75 Å². The van der Waals surface area contributed by atoms with E-state index in [9.17, 15) is 18.4 Å². The topological polar surface area (TPSA) is 58.6 Å². The van der Waals surface area contributed by atoms with Crippen LogP contribution in [0.25, 0.3) is 0 Å². The monoisotopic (exact) mass is 406 g/mol. The molecule has 2 amide bonds. The third-order valence-corrected chi connectivity index (χ3v) is 5.19. The molecule has 0 saturated carbocycles. The third kappa shape index (κ3) is 4.62. The number of carbonyl (C=O) groups excluding carboxylic acids is 2. The largest absolute Gasteiger partial charge is 0.495 e. The molecule has 0 spiro atoms. The van der Waals surface area contributed by atoms with E-state index in [-0.39, 0.29) is 24.8 Å². The highest BCUT2D eigenvalue weighted by molar-refractivity contribution is 7.99. The predicted molar refractivity (Wildman–Crippen MR) is 105 cm³/mol. The van der Waals surface area contributed by atoms with Gasteiger partial charge in [-0.15, -0.1) is 0 Å². The molecule has 1 saturated heterocycles. The van der Waals surface area contributed by atoms with Crippen molar-refractivity contribution in [1.29, 1.82) is 0 Å². The highest BCUT2D eigenvalue weighted by atomic mass is 32.2. The Kier molecular flexibility index (Phi) is 6.18. The summed E-state index contributed by atoms with van der Waals surface area (Å²) >= 11 is 0.445. The minimum Gasteiger partial charge on any atom is -0.495 e. The maximum atomic E-state index is 12.6. The van der Waals surface area contributed by atoms with E-state index < -0.39 is 11.7 Å². The van der Waals surface area contributed by atoms with E-state index >= 15 is 0 Å². The third-order valence-electron chi connectivity index (χ3n) is 4.47. The van der Waals surface area contributed by atoms with E-state index in [1.807, 2.05) is 19.1 Å². The summed E-state index contributed by atoms with van der Waals surface area (Å²) in [5.74, 6) is -2.85. The number of methoxy groups -OCH3 is 1. The van der Waals surface area contributed by atoms with Gasteiger partial charge >= 0.3 is 0 Å². The van der Waals surface area contributed by atoms with E-state index in [0.29, 0.717) is 33.8 Å². The highest BCUT2D eigenvalue weighted by Crippen LogP contribution is 2.34. The molecule has 3 rings (SSSR count). The van der Waals surface area contributed by atoms with Crippen LogP contribution in [0.1, 0.15) is 12.0 Å². The average molecular weight is 406 g/mol. The van der Waals surface area contributed by atoms with E-state index in [1.54, 1.807) is 23.1 Å². The molecular formula is C20H20F2N2O3S. The number of thioether (sulfide) groups is 1. The van der Waals surface area contributed by atoms with Gasteiger partial charge in [0.15, 0.2) is 0 Å². The van der Waals surface area contributed by atoms with Crippen LogP contribution in [-0.4, -0.2) is 31.2 Å². The Morgan fingerprint density at radius 3 is 2.61 bits per heavy atom. The zero-order chi connectivity index (χ0) is 20.3. The van der Waals surface area contributed by atoms with Crippen LogP contribution >= 0.6 is 11.8 Å². The fourth-order valence-electron chi connectivity index (χ4n) is 3.09. The number of alkyl halides is 2. The molecule has 0 aromatic heterocycles. The number of nitrogens with one attached hydrogen (secondary N) is 1. The first kappa shape index (κ1) is 20.1. The minimum absolute atomic E-state index is 0.0995. The number of ether oxygens (including phenoxy) is 1. The zero-order valence-electron chi connectivity index (χ0n) is 15.4. The number of halogens is 2. The number of amides is 2. The Balaban J connectivity index is 1.68. The lowest BCUT2D eigenvalue weighted by Crippen LogP contribution is -2.28. The molecule has 1 fully saturated rings. The van der Waals surface area contributed by atoms with Crippen molar-refractivity contribution in [2.45, 2.75) is 24.0 Å². The molecule has 28 heavy (non-hydrogen) atoms. The number of anilines is 2. The standard InChI is InChI=1S/C20H20F2N2O3S/c1-12-3-8-17(27-2)16(9-12)24-11-13(10-18(24)25)19(26)23-14-4-6-15(7-5-14)28-20(21)22/h3-9,13,20H,10-11H2,1-2H3,(H,23,26). The molecule has 2 aromatic carbocycles. The highest BCUT2D eigenvalue weighted by Gasteiger charge is 2.36. The second-order valence-corrected chi connectivity index (χ2v) is 7.54. The maximum absolute atomic E-state index is 12.6. The Morgan fingerprint density at radius 1 is 1.25 bits per heavy atom. The minimum atomic E-state index is -2.49. The second kappa shape index (κ2) is 8.60. The first-order chi connectivity index (χ1) is 13.4. The first-order valence-corrected chi connectivity index (χ1v) is 9.56. The molecule has 1 atom stereocenters. The van der Waals surface area contributed by atoms with E-state index in [1.165, 1.54) is 19.2 Å². The molecule has 1 aliphatic heterocycles. The van der Waals surface area contributed by atoms with Gasteiger partial charge < -0.3 is 15.0 Å². The fourth-order valence-corrected chi connectivity index (χ4v) is 3.59. The van der Waals surface area contributed by atoms with Crippen molar-refractivity contribution in [3.8, 4) is 5.75 Å². The number of benzene rings is 2. The summed E-state index contributed by atoms with van der Waals surface area (Å²) in [6.45, 7) is 2.17. The summed E-state index contributed by atoms with van der Waals surface area (Å²) in [6, 6.07) is 11.7. The van der Waals surface area contributed by atoms with Crippen molar-refractivity contribution in [3.05, 3.63) is 48.0 Å². The van der Waals surface area contributed by atoms with Crippen LogP contribution in [0.15, 0.2) is 47.4 Å². The molecule has 0 aliphatic carbocycles. The Morgan fingerprint density at radius 2 is 1.96 bits per heavy atom. The van der Waals surface area contributed by atoms with Gasteiger partial charge in [-0.1, -0.05) is 17.8 Å². The van der Waals surface area contributed by atoms with Gasteiger partial charge in [0.2, 0.25) is 11.8 Å². The van der Waals surface area contributed by atoms with Crippen LogP contribution in [0.4, 0.5) is 20.2 Å². The zero-order valence-corrected chi connectivity index (χ0v) is 16.3. The number of hydrogen-bond acceptors (Lipinski definition) is 4. The summed E-state index contributed by atoms with van der Waals surface area (Å²) in [5, 5.41) is 2.75. The van der Waals surface area contributed by atoms with E-state index in [4.69, 9.17) is 4.74 Å². The van der Waals surface area contributed by atoms with E-state index in [2.05, 4.69) is 5.32 Å². The molecular weight excluding hydrogens is 386 g/mol. The van der Waals surface area contributed by atoms with Crippen LogP contribution in [0.3, 0.4) is 0 Å². The van der Waals surface area contributed by atoms with Gasteiger partial charge in [-0.25, -0.2) is 0 Å². The fraction of sp³-hybridized carbons (Fsp3) is 0.300. The molecule has 1 unspecified atom stereocenters. The van der Waals surface area contributed by atoms with Crippen molar-refractivity contribution in [3.63, 3.8) is 0 Å². The first-order valence-electron chi connectivity index (χ1n) is 8.68. The SMILES string of the molecule is COc1ccc(C)cc1N1CC(C(=O)Nc2ccc(SC(F)F)cc2)CC1=O. The van der Waals surface area contributed by atoms with Crippen molar-refractivity contribution in [2.75, 3.05) is 23.9 Å². The van der Waals surface area contributed by atoms with Gasteiger partial charge in [-0.3, -0.25) is 9.59 Å². The summed E-state index contributed by atoms with van der Waals surface area (Å²) in [7, 11) is 1.54. The molecule has 5 nitrogen and oxygen atoms in total. The predicted octanol–water partition coefficient (Wildman–Crippen LogP) is 4.31. The Labute approximate surface area is 166 Å². The van der Waals surface area contributed by atoms with Crippen molar-refractivity contribution in [2.24, 2.45) is 5.92 Å². The van der Waals surface area contributed by atoms with Gasteiger partial charge in [0.25, 0.3) is 5.76 Å². The van der Waals surface area contributed by atoms with Crippen LogP contribution in [-0.2, 0) is 9.59 Å². The number of carbonyl (C=O) groups is 2. The lowest BCUT2D eigenvalue weighted by atomic mass is 10.1. The number of aryl methyl sites for hydroxylation is 1. The van der Waals surface area contributed by atoms with Crippen LogP contribution < -0.4 is 15.0 Å². The van der Waals surface area contributed by atoms with Gasteiger partial charge in [0.05, 0.1) is 18.7 Å². The molecule has 2 aromatic rings. The maximum Gasteiger partial charge on any atom is 0.288 e.